The zero-order valence-electron chi connectivity index (χ0n) is 12.9. The Morgan fingerprint density at radius 3 is 2.50 bits per heavy atom. The van der Waals surface area contributed by atoms with Crippen molar-refractivity contribution in [3.05, 3.63) is 0 Å². The van der Waals surface area contributed by atoms with Gasteiger partial charge in [0.05, 0.1) is 6.61 Å². The normalized spacial score (nSPS) is 20.1. The van der Waals surface area contributed by atoms with Crippen LogP contribution in [0.1, 0.15) is 33.1 Å². The van der Waals surface area contributed by atoms with Crippen molar-refractivity contribution in [3.63, 3.8) is 0 Å². The van der Waals surface area contributed by atoms with Gasteiger partial charge < -0.3 is 10.1 Å². The molecule has 0 aromatic heterocycles. The first-order chi connectivity index (χ1) is 9.51. The van der Waals surface area contributed by atoms with Crippen LogP contribution in [0.25, 0.3) is 0 Å². The lowest BCUT2D eigenvalue weighted by atomic mass is 9.91. The third-order valence-corrected chi connectivity index (χ3v) is 5.47. The molecule has 1 atom stereocenters. The summed E-state index contributed by atoms with van der Waals surface area (Å²) >= 11 is 0. The number of nitrogens with zero attached hydrogens (tertiary/aromatic N) is 1. The molecular weight excluding hydrogens is 278 g/mol. The Hall–Kier alpha value is -0.210. The van der Waals surface area contributed by atoms with Crippen molar-refractivity contribution in [2.24, 2.45) is 5.92 Å². The van der Waals surface area contributed by atoms with E-state index in [1.54, 1.807) is 11.4 Å². The topological polar surface area (TPSA) is 70.7 Å². The second kappa shape index (κ2) is 8.94. The monoisotopic (exact) mass is 307 g/mol. The van der Waals surface area contributed by atoms with Crippen molar-refractivity contribution in [2.45, 2.75) is 39.2 Å². The SMILES string of the molecule is CCCNC(C)C1CCN(S(=O)(=O)NCCOC)CC1. The summed E-state index contributed by atoms with van der Waals surface area (Å²) in [6.07, 6.45) is 2.97. The average Bonchev–Trinajstić information content (AvgIpc) is 2.45. The Balaban J connectivity index is 2.37. The van der Waals surface area contributed by atoms with Gasteiger partial charge in [0.15, 0.2) is 0 Å². The van der Waals surface area contributed by atoms with Gasteiger partial charge in [-0.2, -0.15) is 17.4 Å². The Kier molecular flexibility index (Phi) is 7.98. The fourth-order valence-electron chi connectivity index (χ4n) is 2.52. The maximum Gasteiger partial charge on any atom is 0.279 e. The molecule has 6 nitrogen and oxygen atoms in total. The van der Waals surface area contributed by atoms with Crippen molar-refractivity contribution >= 4 is 10.2 Å². The van der Waals surface area contributed by atoms with Crippen molar-refractivity contribution in [1.29, 1.82) is 0 Å². The molecule has 0 amide bonds. The number of hydrogen-bond acceptors (Lipinski definition) is 4. The Morgan fingerprint density at radius 2 is 1.95 bits per heavy atom. The van der Waals surface area contributed by atoms with Crippen molar-refractivity contribution < 1.29 is 13.2 Å². The van der Waals surface area contributed by atoms with Crippen LogP contribution in [0.5, 0.6) is 0 Å². The second-order valence-corrected chi connectivity index (χ2v) is 7.13. The van der Waals surface area contributed by atoms with E-state index in [0.29, 0.717) is 38.2 Å². The van der Waals surface area contributed by atoms with E-state index in [9.17, 15) is 8.42 Å². The van der Waals surface area contributed by atoms with Crippen LogP contribution in [0.4, 0.5) is 0 Å². The molecule has 0 spiro atoms. The summed E-state index contributed by atoms with van der Waals surface area (Å²) < 4.78 is 33.1. The predicted molar refractivity (Wildman–Crippen MR) is 80.9 cm³/mol. The third kappa shape index (κ3) is 5.65. The van der Waals surface area contributed by atoms with Crippen LogP contribution >= 0.6 is 0 Å². The fourth-order valence-corrected chi connectivity index (χ4v) is 3.73. The molecule has 20 heavy (non-hydrogen) atoms. The predicted octanol–water partition coefficient (Wildman–Crippen LogP) is 0.567. The molecule has 1 fully saturated rings. The lowest BCUT2D eigenvalue weighted by Crippen LogP contribution is -2.48. The van der Waals surface area contributed by atoms with Crippen LogP contribution in [-0.4, -0.2) is 58.7 Å². The van der Waals surface area contributed by atoms with Gasteiger partial charge in [0.1, 0.15) is 0 Å². The first-order valence-electron chi connectivity index (χ1n) is 7.48. The number of rotatable bonds is 9. The highest BCUT2D eigenvalue weighted by molar-refractivity contribution is 7.87. The Morgan fingerprint density at radius 1 is 1.30 bits per heavy atom. The summed E-state index contributed by atoms with van der Waals surface area (Å²) in [6, 6.07) is 0.459. The average molecular weight is 307 g/mol. The fraction of sp³-hybridized carbons (Fsp3) is 1.00. The summed E-state index contributed by atoms with van der Waals surface area (Å²) in [7, 11) is -1.78. The lowest BCUT2D eigenvalue weighted by molar-refractivity contribution is 0.201. The van der Waals surface area contributed by atoms with E-state index in [4.69, 9.17) is 4.74 Å². The maximum absolute atomic E-state index is 12.1. The third-order valence-electron chi connectivity index (χ3n) is 3.85. The van der Waals surface area contributed by atoms with Gasteiger partial charge in [-0.15, -0.1) is 0 Å². The van der Waals surface area contributed by atoms with Crippen molar-refractivity contribution in [1.82, 2.24) is 14.3 Å². The highest BCUT2D eigenvalue weighted by Crippen LogP contribution is 2.22. The molecule has 1 rings (SSSR count). The minimum absolute atomic E-state index is 0.327. The molecule has 7 heteroatoms. The number of hydrogen-bond donors (Lipinski definition) is 2. The quantitative estimate of drug-likeness (QED) is 0.611. The van der Waals surface area contributed by atoms with Crippen LogP contribution in [0.3, 0.4) is 0 Å². The zero-order valence-corrected chi connectivity index (χ0v) is 13.7. The number of nitrogens with one attached hydrogen (secondary N) is 2. The Bertz CT molecular complexity index is 354. The summed E-state index contributed by atoms with van der Waals surface area (Å²) in [6.45, 7) is 7.30. The van der Waals surface area contributed by atoms with Crippen LogP contribution in [0.2, 0.25) is 0 Å². The van der Waals surface area contributed by atoms with Crippen LogP contribution in [0.15, 0.2) is 0 Å². The van der Waals surface area contributed by atoms with E-state index in [1.807, 2.05) is 0 Å². The van der Waals surface area contributed by atoms with Crippen LogP contribution < -0.4 is 10.0 Å². The smallest absolute Gasteiger partial charge is 0.279 e. The molecule has 0 aliphatic carbocycles. The van der Waals surface area contributed by atoms with E-state index in [1.165, 1.54) is 0 Å². The van der Waals surface area contributed by atoms with Gasteiger partial charge in [-0.3, -0.25) is 0 Å². The molecule has 0 radical (unpaired) electrons. The molecule has 0 aromatic carbocycles. The molecule has 1 saturated heterocycles. The summed E-state index contributed by atoms with van der Waals surface area (Å²) in [4.78, 5) is 0. The van der Waals surface area contributed by atoms with Gasteiger partial charge in [0.25, 0.3) is 10.2 Å². The highest BCUT2D eigenvalue weighted by Gasteiger charge is 2.29. The molecule has 0 bridgehead atoms. The molecule has 0 saturated carbocycles. The highest BCUT2D eigenvalue weighted by atomic mass is 32.2. The van der Waals surface area contributed by atoms with Gasteiger partial charge in [-0.05, 0) is 38.6 Å². The lowest BCUT2D eigenvalue weighted by Gasteiger charge is -2.34. The van der Waals surface area contributed by atoms with Gasteiger partial charge >= 0.3 is 0 Å². The van der Waals surface area contributed by atoms with Crippen LogP contribution in [-0.2, 0) is 14.9 Å². The van der Waals surface area contributed by atoms with E-state index < -0.39 is 10.2 Å². The van der Waals surface area contributed by atoms with E-state index >= 15 is 0 Å². The maximum atomic E-state index is 12.1. The summed E-state index contributed by atoms with van der Waals surface area (Å²) in [5, 5.41) is 3.50. The number of methoxy groups -OCH3 is 1. The minimum Gasteiger partial charge on any atom is -0.383 e. The first-order valence-corrected chi connectivity index (χ1v) is 8.92. The molecule has 1 aliphatic heterocycles. The Labute approximate surface area is 123 Å². The number of ether oxygens (including phenoxy) is 1. The second-order valence-electron chi connectivity index (χ2n) is 5.37. The molecule has 120 valence electrons. The van der Waals surface area contributed by atoms with Gasteiger partial charge in [-0.25, -0.2) is 0 Å². The minimum atomic E-state index is -3.34. The first kappa shape index (κ1) is 17.8. The van der Waals surface area contributed by atoms with Crippen molar-refractivity contribution in [3.8, 4) is 0 Å². The molecular formula is C13H29N3O3S. The van der Waals surface area contributed by atoms with Crippen molar-refractivity contribution in [2.75, 3.05) is 39.9 Å². The van der Waals surface area contributed by atoms with Crippen LogP contribution in [0, 0.1) is 5.92 Å². The molecule has 1 aliphatic rings. The van der Waals surface area contributed by atoms with E-state index in [0.717, 1.165) is 25.8 Å². The molecule has 1 unspecified atom stereocenters. The van der Waals surface area contributed by atoms with Gasteiger partial charge in [0, 0.05) is 32.8 Å². The van der Waals surface area contributed by atoms with Gasteiger partial charge in [-0.1, -0.05) is 6.92 Å². The van der Waals surface area contributed by atoms with Gasteiger partial charge in [0.2, 0.25) is 0 Å². The largest absolute Gasteiger partial charge is 0.383 e. The van der Waals surface area contributed by atoms with E-state index in [-0.39, 0.29) is 0 Å². The molecule has 1 heterocycles. The molecule has 2 N–H and O–H groups in total. The number of piperidine rings is 1. The summed E-state index contributed by atoms with van der Waals surface area (Å²) in [5.74, 6) is 0.562. The standard InChI is InChI=1S/C13H29N3O3S/c1-4-7-14-12(2)13-5-9-16(10-6-13)20(17,18)15-8-11-19-3/h12-15H,4-11H2,1-3H3. The zero-order chi connectivity index (χ0) is 15.0. The summed E-state index contributed by atoms with van der Waals surface area (Å²) in [5.41, 5.74) is 0. The molecule has 0 aromatic rings. The van der Waals surface area contributed by atoms with E-state index in [2.05, 4.69) is 23.9 Å².